The van der Waals surface area contributed by atoms with Gasteiger partial charge in [-0.25, -0.2) is 9.18 Å². The third-order valence-electron chi connectivity index (χ3n) is 7.47. The normalized spacial score (nSPS) is 17.8. The van der Waals surface area contributed by atoms with Gasteiger partial charge in [0.1, 0.15) is 17.2 Å². The number of hydrogen-bond acceptors (Lipinski definition) is 7. The minimum Gasteiger partial charge on any atom is -0.493 e. The van der Waals surface area contributed by atoms with Crippen LogP contribution in [0.1, 0.15) is 49.9 Å². The molecule has 2 atom stereocenters. The fourth-order valence-electron chi connectivity index (χ4n) is 5.37. The number of rotatable bonds is 9. The first-order valence-corrected chi connectivity index (χ1v) is 14.6. The number of fused-ring (bicyclic) bond motifs is 1. The van der Waals surface area contributed by atoms with Crippen molar-refractivity contribution in [3.8, 4) is 17.2 Å². The summed E-state index contributed by atoms with van der Waals surface area (Å²) in [6.07, 6.45) is 2.49. The molecule has 0 bridgehead atoms. The van der Waals surface area contributed by atoms with Crippen LogP contribution in [0.25, 0.3) is 0 Å². The lowest BCUT2D eigenvalue weighted by Gasteiger charge is -2.39. The molecule has 2 aliphatic heterocycles. The highest BCUT2D eigenvalue weighted by Gasteiger charge is 2.35. The minimum atomic E-state index is -0.615. The molecule has 228 valence electrons. The van der Waals surface area contributed by atoms with Gasteiger partial charge < -0.3 is 29.2 Å². The molecule has 9 nitrogen and oxygen atoms in total. The maximum Gasteiger partial charge on any atom is 0.410 e. The molecule has 1 fully saturated rings. The maximum absolute atomic E-state index is 14.9. The van der Waals surface area contributed by atoms with Gasteiger partial charge in [0.2, 0.25) is 12.7 Å². The number of piperidine rings is 1. The molecule has 10 heteroatoms. The summed E-state index contributed by atoms with van der Waals surface area (Å²) in [4.78, 5) is 31.6. The zero-order chi connectivity index (χ0) is 30.4. The van der Waals surface area contributed by atoms with E-state index in [-0.39, 0.29) is 37.0 Å². The van der Waals surface area contributed by atoms with E-state index >= 15 is 0 Å². The van der Waals surface area contributed by atoms with Gasteiger partial charge in [-0.1, -0.05) is 18.2 Å². The molecule has 0 spiro atoms. The Kier molecular flexibility index (Phi) is 9.33. The van der Waals surface area contributed by atoms with Gasteiger partial charge in [-0.05, 0) is 74.6 Å². The van der Waals surface area contributed by atoms with Crippen molar-refractivity contribution in [2.75, 3.05) is 33.0 Å². The molecule has 0 radical (unpaired) electrons. The zero-order valence-electron chi connectivity index (χ0n) is 24.8. The number of carbonyl (C=O) groups is 2. The van der Waals surface area contributed by atoms with Crippen LogP contribution in [0.5, 0.6) is 17.2 Å². The largest absolute Gasteiger partial charge is 0.493 e. The highest BCUT2D eigenvalue weighted by atomic mass is 19.1. The number of halogens is 1. The SMILES string of the molecule is CC(C)(C)OC(=O)N1CC[C@@H](c2ccc(F)c(CC(=O)NCCc3ccccn3)c2)[C@H](COc2ccc3c(c2)OCO3)C1. The molecule has 5 rings (SSSR count). The third-order valence-corrected chi connectivity index (χ3v) is 7.47. The summed E-state index contributed by atoms with van der Waals surface area (Å²) < 4.78 is 37.6. The maximum atomic E-state index is 14.9. The van der Waals surface area contributed by atoms with E-state index in [4.69, 9.17) is 18.9 Å². The lowest BCUT2D eigenvalue weighted by molar-refractivity contribution is -0.120. The molecule has 1 saturated heterocycles. The summed E-state index contributed by atoms with van der Waals surface area (Å²) in [5.74, 6) is 1.08. The Morgan fingerprint density at radius 2 is 1.93 bits per heavy atom. The van der Waals surface area contributed by atoms with Gasteiger partial charge >= 0.3 is 6.09 Å². The molecule has 1 aromatic heterocycles. The smallest absolute Gasteiger partial charge is 0.410 e. The number of nitrogens with one attached hydrogen (secondary N) is 1. The second-order valence-corrected chi connectivity index (χ2v) is 11.9. The highest BCUT2D eigenvalue weighted by molar-refractivity contribution is 5.78. The number of likely N-dealkylation sites (tertiary alicyclic amines) is 1. The van der Waals surface area contributed by atoms with Crippen LogP contribution >= 0.6 is 0 Å². The standard InChI is InChI=1S/C33H38FN3O6/c1-33(2,3)43-32(39)37-15-12-27(24(19-37)20-40-26-8-10-29-30(18-26)42-21-41-29)22-7-9-28(34)23(16-22)17-31(38)36-14-11-25-6-4-5-13-35-25/h4-10,13,16,18,24,27H,11-12,14-15,17,19-21H2,1-3H3,(H,36,38)/t24-,27-/m0/s1. The second-order valence-electron chi connectivity index (χ2n) is 11.9. The van der Waals surface area contributed by atoms with Gasteiger partial charge in [-0.3, -0.25) is 9.78 Å². The quantitative estimate of drug-likeness (QED) is 0.362. The van der Waals surface area contributed by atoms with Gasteiger partial charge in [0, 0.05) is 49.9 Å². The number of ether oxygens (including phenoxy) is 4. The molecule has 0 aliphatic carbocycles. The number of aromatic nitrogens is 1. The van der Waals surface area contributed by atoms with Crippen molar-refractivity contribution in [2.45, 2.75) is 51.6 Å². The van der Waals surface area contributed by atoms with Crippen LogP contribution in [0.3, 0.4) is 0 Å². The third kappa shape index (κ3) is 8.15. The average Bonchev–Trinajstić information content (AvgIpc) is 3.45. The molecule has 1 N–H and O–H groups in total. The van der Waals surface area contributed by atoms with Gasteiger partial charge in [0.15, 0.2) is 11.5 Å². The summed E-state index contributed by atoms with van der Waals surface area (Å²) in [7, 11) is 0. The predicted molar refractivity (Wildman–Crippen MR) is 158 cm³/mol. The number of nitrogens with zero attached hydrogens (tertiary/aromatic N) is 2. The van der Waals surface area contributed by atoms with Crippen molar-refractivity contribution in [3.63, 3.8) is 0 Å². The molecular formula is C33H38FN3O6. The summed E-state index contributed by atoms with van der Waals surface area (Å²) in [6, 6.07) is 16.0. The van der Waals surface area contributed by atoms with Crippen LogP contribution in [0.2, 0.25) is 0 Å². The van der Waals surface area contributed by atoms with Gasteiger partial charge in [-0.2, -0.15) is 0 Å². The first-order valence-electron chi connectivity index (χ1n) is 14.6. The summed E-state index contributed by atoms with van der Waals surface area (Å²) in [5, 5.41) is 2.86. The first kappa shape index (κ1) is 30.1. The summed E-state index contributed by atoms with van der Waals surface area (Å²) in [6.45, 7) is 7.31. The number of carbonyl (C=O) groups excluding carboxylic acids is 2. The Morgan fingerprint density at radius 3 is 2.72 bits per heavy atom. The van der Waals surface area contributed by atoms with Crippen molar-refractivity contribution in [2.24, 2.45) is 5.92 Å². The number of amides is 2. The van der Waals surface area contributed by atoms with E-state index in [2.05, 4.69) is 10.3 Å². The van der Waals surface area contributed by atoms with E-state index in [1.807, 2.05) is 45.0 Å². The van der Waals surface area contributed by atoms with E-state index in [0.29, 0.717) is 61.9 Å². The highest BCUT2D eigenvalue weighted by Crippen LogP contribution is 2.38. The molecule has 2 aromatic carbocycles. The van der Waals surface area contributed by atoms with Crippen molar-refractivity contribution in [1.29, 1.82) is 0 Å². The molecule has 43 heavy (non-hydrogen) atoms. The Balaban J connectivity index is 1.28. The van der Waals surface area contributed by atoms with Crippen LogP contribution in [-0.4, -0.2) is 60.5 Å². The Bertz CT molecular complexity index is 1430. The topological polar surface area (TPSA) is 99.2 Å². The second kappa shape index (κ2) is 13.3. The van der Waals surface area contributed by atoms with Gasteiger partial charge in [0.05, 0.1) is 13.0 Å². The van der Waals surface area contributed by atoms with Crippen LogP contribution in [0.4, 0.5) is 9.18 Å². The Morgan fingerprint density at radius 1 is 1.09 bits per heavy atom. The van der Waals surface area contributed by atoms with Gasteiger partial charge in [-0.15, -0.1) is 0 Å². The molecule has 3 aromatic rings. The van der Waals surface area contributed by atoms with E-state index in [0.717, 1.165) is 11.3 Å². The number of hydrogen-bond donors (Lipinski definition) is 1. The van der Waals surface area contributed by atoms with E-state index < -0.39 is 11.4 Å². The monoisotopic (exact) mass is 591 g/mol. The average molecular weight is 592 g/mol. The van der Waals surface area contributed by atoms with E-state index in [1.165, 1.54) is 6.07 Å². The molecule has 2 amide bonds. The van der Waals surface area contributed by atoms with E-state index in [9.17, 15) is 14.0 Å². The first-order chi connectivity index (χ1) is 20.6. The number of benzene rings is 2. The fraction of sp³-hybridized carbons (Fsp3) is 0.424. The fourth-order valence-corrected chi connectivity index (χ4v) is 5.37. The van der Waals surface area contributed by atoms with Crippen molar-refractivity contribution < 1.29 is 32.9 Å². The molecule has 0 unspecified atom stereocenters. The molecule has 2 aliphatic rings. The van der Waals surface area contributed by atoms with Gasteiger partial charge in [0.25, 0.3) is 0 Å². The summed E-state index contributed by atoms with van der Waals surface area (Å²) in [5.41, 5.74) is 1.50. The zero-order valence-corrected chi connectivity index (χ0v) is 24.8. The Labute approximate surface area is 251 Å². The number of pyridine rings is 1. The predicted octanol–water partition coefficient (Wildman–Crippen LogP) is 5.27. The molecule has 0 saturated carbocycles. The van der Waals surface area contributed by atoms with Crippen LogP contribution in [0, 0.1) is 11.7 Å². The molecular weight excluding hydrogens is 553 g/mol. The van der Waals surface area contributed by atoms with Crippen molar-refractivity contribution >= 4 is 12.0 Å². The van der Waals surface area contributed by atoms with Crippen molar-refractivity contribution in [3.05, 3.63) is 83.4 Å². The van der Waals surface area contributed by atoms with Crippen LogP contribution < -0.4 is 19.5 Å². The summed E-state index contributed by atoms with van der Waals surface area (Å²) >= 11 is 0. The van der Waals surface area contributed by atoms with Crippen LogP contribution in [0.15, 0.2) is 60.8 Å². The lowest BCUT2D eigenvalue weighted by Crippen LogP contribution is -2.46. The minimum absolute atomic E-state index is 0.0285. The molecule has 3 heterocycles. The van der Waals surface area contributed by atoms with E-state index in [1.54, 1.807) is 35.4 Å². The Hall–Kier alpha value is -4.34. The van der Waals surface area contributed by atoms with Crippen LogP contribution in [-0.2, 0) is 22.4 Å². The lowest BCUT2D eigenvalue weighted by atomic mass is 9.80. The van der Waals surface area contributed by atoms with Crippen molar-refractivity contribution in [1.82, 2.24) is 15.2 Å².